The summed E-state index contributed by atoms with van der Waals surface area (Å²) in [4.78, 5) is 11.6. The maximum Gasteiger partial charge on any atom is 0.337 e. The second-order valence-electron chi connectivity index (χ2n) is 5.65. The van der Waals surface area contributed by atoms with Gasteiger partial charge >= 0.3 is 5.97 Å². The van der Waals surface area contributed by atoms with Gasteiger partial charge < -0.3 is 14.6 Å². The molecule has 1 aromatic rings. The minimum Gasteiger partial charge on any atom is -0.479 e. The standard InChI is InChI=1S/C15H18O6S/c16-15(17)14(21-11-7-8-20-9-11)10-1-3-12(4-2-10)22(18,19)13-5-6-13/h1-4,11,13-14H,5-9H2,(H,16,17). The van der Waals surface area contributed by atoms with E-state index in [-0.39, 0.29) is 16.2 Å². The first kappa shape index (κ1) is 15.5. The SMILES string of the molecule is O=C(O)C(OC1CCOC1)c1ccc(S(=O)(=O)C2CC2)cc1. The maximum atomic E-state index is 12.1. The van der Waals surface area contributed by atoms with Gasteiger partial charge in [0.2, 0.25) is 0 Å². The van der Waals surface area contributed by atoms with Crippen LogP contribution in [0, 0.1) is 0 Å². The van der Waals surface area contributed by atoms with Crippen molar-refractivity contribution >= 4 is 15.8 Å². The summed E-state index contributed by atoms with van der Waals surface area (Å²) in [5, 5.41) is 9.05. The fourth-order valence-electron chi connectivity index (χ4n) is 2.50. The summed E-state index contributed by atoms with van der Waals surface area (Å²) in [6.07, 6.45) is 0.720. The molecule has 0 bridgehead atoms. The van der Waals surface area contributed by atoms with Crippen LogP contribution in [0.15, 0.2) is 29.2 Å². The van der Waals surface area contributed by atoms with Crippen LogP contribution in [0.1, 0.15) is 30.9 Å². The van der Waals surface area contributed by atoms with E-state index in [0.29, 0.717) is 38.0 Å². The summed E-state index contributed by atoms with van der Waals surface area (Å²) in [5.41, 5.74) is 0.439. The van der Waals surface area contributed by atoms with Gasteiger partial charge in [0.15, 0.2) is 15.9 Å². The number of rotatable bonds is 6. The molecule has 1 aromatic carbocycles. The molecule has 7 heteroatoms. The monoisotopic (exact) mass is 326 g/mol. The molecule has 1 saturated carbocycles. The Morgan fingerprint density at radius 2 is 1.91 bits per heavy atom. The van der Waals surface area contributed by atoms with Crippen molar-refractivity contribution in [3.8, 4) is 0 Å². The van der Waals surface area contributed by atoms with Crippen LogP contribution < -0.4 is 0 Å². The van der Waals surface area contributed by atoms with Crippen molar-refractivity contribution in [1.29, 1.82) is 0 Å². The molecule has 6 nitrogen and oxygen atoms in total. The number of hydrogen-bond acceptors (Lipinski definition) is 5. The normalized spacial score (nSPS) is 23.4. The third-order valence-corrected chi connectivity index (χ3v) is 6.19. The molecule has 2 atom stereocenters. The average Bonchev–Trinajstić information content (AvgIpc) is 3.24. The zero-order chi connectivity index (χ0) is 15.7. The van der Waals surface area contributed by atoms with Crippen LogP contribution in [0.5, 0.6) is 0 Å². The van der Waals surface area contributed by atoms with Crippen molar-refractivity contribution < 1.29 is 27.8 Å². The Hall–Kier alpha value is -1.44. The minimum atomic E-state index is -3.26. The van der Waals surface area contributed by atoms with Gasteiger partial charge in [-0.05, 0) is 37.0 Å². The third-order valence-electron chi connectivity index (χ3n) is 3.92. The molecule has 1 aliphatic heterocycles. The Bertz CT molecular complexity index is 641. The number of ether oxygens (including phenoxy) is 2. The lowest BCUT2D eigenvalue weighted by Crippen LogP contribution is -2.23. The van der Waals surface area contributed by atoms with Crippen LogP contribution in [0.3, 0.4) is 0 Å². The van der Waals surface area contributed by atoms with E-state index in [1.807, 2.05) is 0 Å². The summed E-state index contributed by atoms with van der Waals surface area (Å²) in [5.74, 6) is -1.09. The van der Waals surface area contributed by atoms with Gasteiger partial charge in [-0.15, -0.1) is 0 Å². The van der Waals surface area contributed by atoms with Crippen molar-refractivity contribution in [2.24, 2.45) is 0 Å². The smallest absolute Gasteiger partial charge is 0.337 e. The van der Waals surface area contributed by atoms with Gasteiger partial charge in [-0.25, -0.2) is 13.2 Å². The molecular formula is C15H18O6S. The Morgan fingerprint density at radius 3 is 2.41 bits per heavy atom. The molecule has 2 aliphatic rings. The molecule has 1 saturated heterocycles. The van der Waals surface area contributed by atoms with Crippen molar-refractivity contribution in [2.75, 3.05) is 13.2 Å². The molecular weight excluding hydrogens is 308 g/mol. The van der Waals surface area contributed by atoms with Crippen molar-refractivity contribution in [2.45, 2.75) is 41.6 Å². The van der Waals surface area contributed by atoms with Crippen LogP contribution in [0.25, 0.3) is 0 Å². The van der Waals surface area contributed by atoms with E-state index in [4.69, 9.17) is 9.47 Å². The summed E-state index contributed by atoms with van der Waals surface area (Å²) in [6.45, 7) is 0.952. The van der Waals surface area contributed by atoms with Gasteiger partial charge in [-0.2, -0.15) is 0 Å². The Balaban J connectivity index is 1.78. The Labute approximate surface area is 129 Å². The lowest BCUT2D eigenvalue weighted by atomic mass is 10.1. The van der Waals surface area contributed by atoms with Crippen LogP contribution in [-0.2, 0) is 24.1 Å². The highest BCUT2D eigenvalue weighted by molar-refractivity contribution is 7.92. The lowest BCUT2D eigenvalue weighted by Gasteiger charge is -2.18. The molecule has 0 radical (unpaired) electrons. The molecule has 0 spiro atoms. The lowest BCUT2D eigenvalue weighted by molar-refractivity contribution is -0.155. The van der Waals surface area contributed by atoms with Crippen LogP contribution >= 0.6 is 0 Å². The zero-order valence-electron chi connectivity index (χ0n) is 12.0. The molecule has 2 fully saturated rings. The fourth-order valence-corrected chi connectivity index (χ4v) is 4.15. The third kappa shape index (κ3) is 3.16. The quantitative estimate of drug-likeness (QED) is 0.853. The van der Waals surface area contributed by atoms with Gasteiger partial charge in [0.25, 0.3) is 0 Å². The van der Waals surface area contributed by atoms with E-state index >= 15 is 0 Å². The highest BCUT2D eigenvalue weighted by atomic mass is 32.2. The maximum absolute atomic E-state index is 12.1. The summed E-state index contributed by atoms with van der Waals surface area (Å²) in [7, 11) is -3.26. The molecule has 120 valence electrons. The first-order valence-electron chi connectivity index (χ1n) is 7.28. The minimum absolute atomic E-state index is 0.240. The summed E-state index contributed by atoms with van der Waals surface area (Å²) >= 11 is 0. The van der Waals surface area contributed by atoms with Crippen LogP contribution in [0.4, 0.5) is 0 Å². The highest BCUT2D eigenvalue weighted by Gasteiger charge is 2.37. The van der Waals surface area contributed by atoms with E-state index in [1.54, 1.807) is 0 Å². The molecule has 0 amide bonds. The van der Waals surface area contributed by atoms with E-state index in [2.05, 4.69) is 0 Å². The molecule has 2 unspecified atom stereocenters. The molecule has 3 rings (SSSR count). The molecule has 1 heterocycles. The topological polar surface area (TPSA) is 89.9 Å². The Kier molecular flexibility index (Phi) is 4.20. The molecule has 1 aliphatic carbocycles. The zero-order valence-corrected chi connectivity index (χ0v) is 12.8. The predicted octanol–water partition coefficient (Wildman–Crippen LogP) is 1.55. The van der Waals surface area contributed by atoms with Crippen LogP contribution in [0.2, 0.25) is 0 Å². The summed E-state index contributed by atoms with van der Waals surface area (Å²) in [6, 6.07) is 5.97. The average molecular weight is 326 g/mol. The largest absolute Gasteiger partial charge is 0.479 e. The number of sulfone groups is 1. The number of hydrogen-bond donors (Lipinski definition) is 1. The van der Waals surface area contributed by atoms with Gasteiger partial charge in [-0.1, -0.05) is 12.1 Å². The van der Waals surface area contributed by atoms with Crippen molar-refractivity contribution in [3.05, 3.63) is 29.8 Å². The number of aliphatic carboxylic acids is 1. The van der Waals surface area contributed by atoms with Crippen molar-refractivity contribution in [3.63, 3.8) is 0 Å². The number of carboxylic acids is 1. The van der Waals surface area contributed by atoms with E-state index in [9.17, 15) is 18.3 Å². The highest BCUT2D eigenvalue weighted by Crippen LogP contribution is 2.34. The molecule has 22 heavy (non-hydrogen) atoms. The van der Waals surface area contributed by atoms with E-state index in [0.717, 1.165) is 0 Å². The molecule has 1 N–H and O–H groups in total. The first-order chi connectivity index (χ1) is 10.5. The van der Waals surface area contributed by atoms with E-state index in [1.165, 1.54) is 24.3 Å². The van der Waals surface area contributed by atoms with Gasteiger partial charge in [0.05, 0.1) is 22.9 Å². The van der Waals surface area contributed by atoms with Gasteiger partial charge in [-0.3, -0.25) is 0 Å². The first-order valence-corrected chi connectivity index (χ1v) is 8.83. The number of benzene rings is 1. The van der Waals surface area contributed by atoms with Gasteiger partial charge in [0, 0.05) is 6.61 Å². The number of carboxylic acid groups (broad SMARTS) is 1. The van der Waals surface area contributed by atoms with E-state index < -0.39 is 21.9 Å². The van der Waals surface area contributed by atoms with Gasteiger partial charge in [0.1, 0.15) is 0 Å². The summed E-state index contributed by atoms with van der Waals surface area (Å²) < 4.78 is 35.0. The second-order valence-corrected chi connectivity index (χ2v) is 7.88. The fraction of sp³-hybridized carbons (Fsp3) is 0.533. The second kappa shape index (κ2) is 5.98. The number of carbonyl (C=O) groups is 1. The predicted molar refractivity (Wildman–Crippen MR) is 77.3 cm³/mol. The van der Waals surface area contributed by atoms with Crippen molar-refractivity contribution in [1.82, 2.24) is 0 Å². The van der Waals surface area contributed by atoms with Crippen LogP contribution in [-0.4, -0.2) is 44.1 Å². The Morgan fingerprint density at radius 1 is 1.23 bits per heavy atom. The molecule has 0 aromatic heterocycles.